The first kappa shape index (κ1) is 8.26. The van der Waals surface area contributed by atoms with E-state index in [1.807, 2.05) is 12.1 Å². The SMILES string of the molecule is CCc1ccc2c(c1)CN(O)C2=O. The van der Waals surface area contributed by atoms with Gasteiger partial charge < -0.3 is 0 Å². The predicted molar refractivity (Wildman–Crippen MR) is 47.5 cm³/mol. The third kappa shape index (κ3) is 1.21. The van der Waals surface area contributed by atoms with Gasteiger partial charge in [0.25, 0.3) is 5.91 Å². The molecule has 1 aromatic carbocycles. The van der Waals surface area contributed by atoms with Crippen LogP contribution in [0.1, 0.15) is 28.4 Å². The minimum absolute atomic E-state index is 0.294. The van der Waals surface area contributed by atoms with Crippen LogP contribution >= 0.6 is 0 Å². The summed E-state index contributed by atoms with van der Waals surface area (Å²) >= 11 is 0. The van der Waals surface area contributed by atoms with Gasteiger partial charge in [0.05, 0.1) is 6.54 Å². The third-order valence-electron chi connectivity index (χ3n) is 2.36. The zero-order valence-corrected chi connectivity index (χ0v) is 7.45. The average Bonchev–Trinajstić information content (AvgIpc) is 2.42. The Bertz CT molecular complexity index is 360. The van der Waals surface area contributed by atoms with Crippen molar-refractivity contribution in [3.8, 4) is 0 Å². The lowest BCUT2D eigenvalue weighted by Gasteiger charge is -2.01. The molecule has 2 rings (SSSR count). The van der Waals surface area contributed by atoms with Crippen molar-refractivity contribution in [1.29, 1.82) is 0 Å². The number of carbonyl (C=O) groups excluding carboxylic acids is 1. The Morgan fingerprint density at radius 3 is 3.00 bits per heavy atom. The zero-order chi connectivity index (χ0) is 9.42. The van der Waals surface area contributed by atoms with Crippen LogP contribution in [-0.4, -0.2) is 16.2 Å². The summed E-state index contributed by atoms with van der Waals surface area (Å²) in [4.78, 5) is 11.3. The Labute approximate surface area is 76.6 Å². The van der Waals surface area contributed by atoms with Crippen LogP contribution in [-0.2, 0) is 13.0 Å². The summed E-state index contributed by atoms with van der Waals surface area (Å²) in [7, 11) is 0. The molecule has 0 aromatic heterocycles. The fourth-order valence-electron chi connectivity index (χ4n) is 1.58. The van der Waals surface area contributed by atoms with Crippen molar-refractivity contribution < 1.29 is 10.0 Å². The third-order valence-corrected chi connectivity index (χ3v) is 2.36. The zero-order valence-electron chi connectivity index (χ0n) is 7.45. The Balaban J connectivity index is 2.46. The smallest absolute Gasteiger partial charge is 0.277 e. The summed E-state index contributed by atoms with van der Waals surface area (Å²) in [5, 5.41) is 9.92. The van der Waals surface area contributed by atoms with Crippen molar-refractivity contribution in [3.05, 3.63) is 34.9 Å². The van der Waals surface area contributed by atoms with E-state index in [4.69, 9.17) is 5.21 Å². The molecule has 0 radical (unpaired) electrons. The molecular formula is C10H11NO2. The number of amides is 1. The van der Waals surface area contributed by atoms with Crippen LogP contribution in [0.4, 0.5) is 0 Å². The number of hydrogen-bond donors (Lipinski definition) is 1. The number of hydrogen-bond acceptors (Lipinski definition) is 2. The van der Waals surface area contributed by atoms with Crippen LogP contribution in [0.25, 0.3) is 0 Å². The van der Waals surface area contributed by atoms with Gasteiger partial charge in [-0.05, 0) is 23.6 Å². The van der Waals surface area contributed by atoms with E-state index in [-0.39, 0.29) is 5.91 Å². The monoisotopic (exact) mass is 177 g/mol. The summed E-state index contributed by atoms with van der Waals surface area (Å²) in [6, 6.07) is 5.69. The number of carbonyl (C=O) groups is 1. The summed E-state index contributed by atoms with van der Waals surface area (Å²) < 4.78 is 0. The van der Waals surface area contributed by atoms with E-state index in [2.05, 4.69) is 6.92 Å². The molecule has 1 heterocycles. The average molecular weight is 177 g/mol. The largest absolute Gasteiger partial charge is 0.285 e. The second-order valence-electron chi connectivity index (χ2n) is 3.21. The van der Waals surface area contributed by atoms with E-state index >= 15 is 0 Å². The van der Waals surface area contributed by atoms with E-state index in [0.717, 1.165) is 17.0 Å². The van der Waals surface area contributed by atoms with Gasteiger partial charge in [0.2, 0.25) is 0 Å². The molecule has 1 amide bonds. The van der Waals surface area contributed by atoms with Gasteiger partial charge in [0, 0.05) is 5.56 Å². The van der Waals surface area contributed by atoms with Crippen molar-refractivity contribution in [2.45, 2.75) is 19.9 Å². The molecule has 1 aromatic rings. The fraction of sp³-hybridized carbons (Fsp3) is 0.300. The fourth-order valence-corrected chi connectivity index (χ4v) is 1.58. The van der Waals surface area contributed by atoms with Crippen molar-refractivity contribution in [3.63, 3.8) is 0 Å². The van der Waals surface area contributed by atoms with Gasteiger partial charge in [0.1, 0.15) is 0 Å². The maximum Gasteiger partial charge on any atom is 0.277 e. The number of hydroxylamine groups is 2. The molecular weight excluding hydrogens is 166 g/mol. The molecule has 0 spiro atoms. The number of nitrogens with zero attached hydrogens (tertiary/aromatic N) is 1. The van der Waals surface area contributed by atoms with Gasteiger partial charge in [-0.25, -0.2) is 5.06 Å². The highest BCUT2D eigenvalue weighted by Crippen LogP contribution is 2.22. The highest BCUT2D eigenvalue weighted by molar-refractivity contribution is 5.97. The minimum atomic E-state index is -0.294. The molecule has 1 aliphatic heterocycles. The van der Waals surface area contributed by atoms with E-state index in [0.29, 0.717) is 12.1 Å². The van der Waals surface area contributed by atoms with Crippen LogP contribution in [0, 0.1) is 0 Å². The molecule has 0 fully saturated rings. The molecule has 1 aliphatic rings. The molecule has 68 valence electrons. The van der Waals surface area contributed by atoms with Crippen molar-refractivity contribution in [1.82, 2.24) is 5.06 Å². The Morgan fingerprint density at radius 1 is 1.54 bits per heavy atom. The van der Waals surface area contributed by atoms with Crippen molar-refractivity contribution in [2.75, 3.05) is 0 Å². The standard InChI is InChI=1S/C10H11NO2/c1-2-7-3-4-9-8(5-7)6-11(13)10(9)12/h3-5,13H,2,6H2,1H3. The van der Waals surface area contributed by atoms with Crippen LogP contribution in [0.5, 0.6) is 0 Å². The van der Waals surface area contributed by atoms with Crippen molar-refractivity contribution >= 4 is 5.91 Å². The van der Waals surface area contributed by atoms with Crippen LogP contribution < -0.4 is 0 Å². The first-order chi connectivity index (χ1) is 6.22. The molecule has 0 unspecified atom stereocenters. The Morgan fingerprint density at radius 2 is 2.31 bits per heavy atom. The van der Waals surface area contributed by atoms with Gasteiger partial charge in [-0.15, -0.1) is 0 Å². The lowest BCUT2D eigenvalue weighted by atomic mass is 10.0. The van der Waals surface area contributed by atoms with Gasteiger partial charge in [-0.3, -0.25) is 10.0 Å². The van der Waals surface area contributed by atoms with E-state index in [1.165, 1.54) is 5.56 Å². The number of fused-ring (bicyclic) bond motifs is 1. The van der Waals surface area contributed by atoms with Crippen molar-refractivity contribution in [2.24, 2.45) is 0 Å². The molecule has 0 saturated carbocycles. The molecule has 13 heavy (non-hydrogen) atoms. The number of aryl methyl sites for hydroxylation is 1. The quantitative estimate of drug-likeness (QED) is 0.662. The molecule has 1 N–H and O–H groups in total. The number of rotatable bonds is 1. The molecule has 3 heteroatoms. The van der Waals surface area contributed by atoms with Crippen LogP contribution in [0.2, 0.25) is 0 Å². The van der Waals surface area contributed by atoms with Gasteiger partial charge in [0.15, 0.2) is 0 Å². The first-order valence-electron chi connectivity index (χ1n) is 4.35. The van der Waals surface area contributed by atoms with E-state index in [1.54, 1.807) is 6.07 Å². The lowest BCUT2D eigenvalue weighted by Crippen LogP contribution is -2.18. The molecule has 3 nitrogen and oxygen atoms in total. The maximum absolute atomic E-state index is 11.3. The van der Waals surface area contributed by atoms with Gasteiger partial charge in [-0.1, -0.05) is 19.1 Å². The Hall–Kier alpha value is -1.35. The van der Waals surface area contributed by atoms with Gasteiger partial charge >= 0.3 is 0 Å². The van der Waals surface area contributed by atoms with E-state index in [9.17, 15) is 4.79 Å². The number of benzene rings is 1. The van der Waals surface area contributed by atoms with E-state index < -0.39 is 0 Å². The minimum Gasteiger partial charge on any atom is -0.285 e. The summed E-state index contributed by atoms with van der Waals surface area (Å²) in [5.41, 5.74) is 2.74. The topological polar surface area (TPSA) is 40.5 Å². The Kier molecular flexibility index (Phi) is 1.81. The molecule has 0 atom stereocenters. The summed E-state index contributed by atoms with van der Waals surface area (Å²) in [5.74, 6) is -0.294. The molecule has 0 bridgehead atoms. The lowest BCUT2D eigenvalue weighted by molar-refractivity contribution is -0.0579. The second-order valence-corrected chi connectivity index (χ2v) is 3.21. The molecule has 0 saturated heterocycles. The maximum atomic E-state index is 11.3. The normalized spacial score (nSPS) is 14.9. The highest BCUT2D eigenvalue weighted by Gasteiger charge is 2.25. The van der Waals surface area contributed by atoms with Gasteiger partial charge in [-0.2, -0.15) is 0 Å². The van der Waals surface area contributed by atoms with Crippen LogP contribution in [0.15, 0.2) is 18.2 Å². The molecule has 0 aliphatic carbocycles. The summed E-state index contributed by atoms with van der Waals surface area (Å²) in [6.45, 7) is 2.39. The summed E-state index contributed by atoms with van der Waals surface area (Å²) in [6.07, 6.45) is 0.951. The first-order valence-corrected chi connectivity index (χ1v) is 4.35. The van der Waals surface area contributed by atoms with Crippen LogP contribution in [0.3, 0.4) is 0 Å². The highest BCUT2D eigenvalue weighted by atomic mass is 16.5. The predicted octanol–water partition coefficient (Wildman–Crippen LogP) is 1.59. The second kappa shape index (κ2) is 2.85.